The first-order chi connectivity index (χ1) is 10.5. The normalized spacial score (nSPS) is 16.4. The van der Waals surface area contributed by atoms with Crippen LogP contribution < -0.4 is 0 Å². The van der Waals surface area contributed by atoms with Gasteiger partial charge in [-0.15, -0.1) is 0 Å². The molecule has 0 N–H and O–H groups in total. The van der Waals surface area contributed by atoms with Crippen molar-refractivity contribution >= 4 is 7.92 Å². The molecule has 0 fully saturated rings. The summed E-state index contributed by atoms with van der Waals surface area (Å²) < 4.78 is 0. The molecule has 0 atom stereocenters. The predicted molar refractivity (Wildman–Crippen MR) is 105 cm³/mol. The van der Waals surface area contributed by atoms with Gasteiger partial charge in [-0.2, -0.15) is 0 Å². The molecule has 1 aliphatic rings. The smallest absolute Gasteiger partial charge is 0.0169 e. The molecule has 0 nitrogen and oxygen atoms in total. The molecule has 22 heavy (non-hydrogen) atoms. The number of hydrogen-bond acceptors (Lipinski definition) is 0. The Morgan fingerprint density at radius 2 is 1.36 bits per heavy atom. The molecule has 0 bridgehead atoms. The molecule has 0 aliphatic heterocycles. The Morgan fingerprint density at radius 1 is 0.864 bits per heavy atom. The van der Waals surface area contributed by atoms with E-state index in [0.717, 1.165) is 11.3 Å². The average Bonchev–Trinajstić information content (AvgIpc) is 2.97. The quantitative estimate of drug-likeness (QED) is 0.362. The van der Waals surface area contributed by atoms with Crippen molar-refractivity contribution in [2.45, 2.75) is 91.4 Å². The van der Waals surface area contributed by atoms with Crippen LogP contribution in [0.25, 0.3) is 0 Å². The molecule has 126 valence electrons. The van der Waals surface area contributed by atoms with Crippen LogP contribution in [-0.2, 0) is 0 Å². The SMILES string of the molecule is CCCCC(=C(CCCC)P(C(C)C)C(C)C)C1C=CC=C1. The summed E-state index contributed by atoms with van der Waals surface area (Å²) in [5, 5.41) is 1.86. The Morgan fingerprint density at radius 3 is 1.82 bits per heavy atom. The number of hydrogen-bond donors (Lipinski definition) is 0. The lowest BCUT2D eigenvalue weighted by Crippen LogP contribution is -2.10. The molecule has 1 heteroatoms. The second-order valence-electron chi connectivity index (χ2n) is 7.07. The van der Waals surface area contributed by atoms with Gasteiger partial charge in [0.25, 0.3) is 0 Å². The summed E-state index contributed by atoms with van der Waals surface area (Å²) in [6.07, 6.45) is 17.2. The fourth-order valence-corrected chi connectivity index (χ4v) is 7.00. The maximum absolute atomic E-state index is 2.44. The third-order valence-corrected chi connectivity index (χ3v) is 7.87. The van der Waals surface area contributed by atoms with Crippen molar-refractivity contribution in [3.63, 3.8) is 0 Å². The van der Waals surface area contributed by atoms with Crippen molar-refractivity contribution in [3.05, 3.63) is 35.2 Å². The average molecular weight is 321 g/mol. The Kier molecular flexibility index (Phi) is 9.34. The van der Waals surface area contributed by atoms with Gasteiger partial charge in [-0.25, -0.2) is 0 Å². The fraction of sp³-hybridized carbons (Fsp3) is 0.714. The van der Waals surface area contributed by atoms with E-state index >= 15 is 0 Å². The highest BCUT2D eigenvalue weighted by atomic mass is 31.1. The second-order valence-corrected chi connectivity index (χ2v) is 10.5. The summed E-state index contributed by atoms with van der Waals surface area (Å²) in [6, 6.07) is 0. The van der Waals surface area contributed by atoms with E-state index in [0.29, 0.717) is 5.92 Å². The highest BCUT2D eigenvalue weighted by Gasteiger charge is 2.26. The lowest BCUT2D eigenvalue weighted by molar-refractivity contribution is 0.721. The van der Waals surface area contributed by atoms with Crippen molar-refractivity contribution in [3.8, 4) is 0 Å². The first-order valence-corrected chi connectivity index (χ1v) is 10.9. The fourth-order valence-electron chi connectivity index (χ4n) is 3.55. The second kappa shape index (κ2) is 10.4. The molecule has 0 radical (unpaired) electrons. The molecule has 0 aromatic carbocycles. The van der Waals surface area contributed by atoms with E-state index < -0.39 is 0 Å². The zero-order valence-electron chi connectivity index (χ0n) is 15.7. The third kappa shape index (κ3) is 5.69. The summed E-state index contributed by atoms with van der Waals surface area (Å²) in [7, 11) is -0.0139. The van der Waals surface area contributed by atoms with Gasteiger partial charge in [0.15, 0.2) is 0 Å². The lowest BCUT2D eigenvalue weighted by Gasteiger charge is -2.32. The van der Waals surface area contributed by atoms with Crippen molar-refractivity contribution in [2.24, 2.45) is 5.92 Å². The summed E-state index contributed by atoms with van der Waals surface area (Å²) >= 11 is 0. The predicted octanol–water partition coefficient (Wildman–Crippen LogP) is 7.66. The van der Waals surface area contributed by atoms with Crippen molar-refractivity contribution in [1.29, 1.82) is 0 Å². The van der Waals surface area contributed by atoms with Gasteiger partial charge in [-0.3, -0.25) is 0 Å². The van der Waals surface area contributed by atoms with Gasteiger partial charge in [0.1, 0.15) is 0 Å². The molecular weight excluding hydrogens is 283 g/mol. The number of rotatable bonds is 10. The van der Waals surface area contributed by atoms with E-state index in [-0.39, 0.29) is 7.92 Å². The minimum atomic E-state index is -0.0139. The van der Waals surface area contributed by atoms with Crippen LogP contribution in [0, 0.1) is 5.92 Å². The van der Waals surface area contributed by atoms with E-state index in [4.69, 9.17) is 0 Å². The van der Waals surface area contributed by atoms with E-state index in [9.17, 15) is 0 Å². The van der Waals surface area contributed by atoms with E-state index in [2.05, 4.69) is 65.8 Å². The van der Waals surface area contributed by atoms with Gasteiger partial charge in [-0.05, 0) is 42.3 Å². The third-order valence-electron chi connectivity index (χ3n) is 4.51. The summed E-state index contributed by atoms with van der Waals surface area (Å²) in [4.78, 5) is 0. The van der Waals surface area contributed by atoms with Crippen LogP contribution >= 0.6 is 7.92 Å². The standard InChI is InChI=1S/C21H37P/c1-7-9-15-20(19-13-11-12-14-19)21(16-10-8-2)22(17(3)4)18(5)6/h11-14,17-19H,7-10,15-16H2,1-6H3. The van der Waals surface area contributed by atoms with Gasteiger partial charge in [0, 0.05) is 5.92 Å². The highest BCUT2D eigenvalue weighted by molar-refractivity contribution is 7.63. The lowest BCUT2D eigenvalue weighted by atomic mass is 9.94. The summed E-state index contributed by atoms with van der Waals surface area (Å²) in [6.45, 7) is 14.4. The van der Waals surface area contributed by atoms with Gasteiger partial charge in [0.2, 0.25) is 0 Å². The van der Waals surface area contributed by atoms with E-state index in [1.807, 2.05) is 5.31 Å². The van der Waals surface area contributed by atoms with Crippen LogP contribution in [0.4, 0.5) is 0 Å². The zero-order chi connectivity index (χ0) is 16.5. The van der Waals surface area contributed by atoms with Gasteiger partial charge >= 0.3 is 0 Å². The molecule has 1 rings (SSSR count). The Bertz CT molecular complexity index is 378. The first kappa shape index (κ1) is 19.7. The molecule has 0 spiro atoms. The highest BCUT2D eigenvalue weighted by Crippen LogP contribution is 2.57. The molecule has 0 unspecified atom stereocenters. The zero-order valence-corrected chi connectivity index (χ0v) is 16.6. The molecular formula is C21H37P. The molecule has 0 aromatic rings. The minimum Gasteiger partial charge on any atom is -0.0745 e. The summed E-state index contributed by atoms with van der Waals surface area (Å²) in [5.74, 6) is 0.584. The van der Waals surface area contributed by atoms with Crippen LogP contribution in [0.1, 0.15) is 80.1 Å². The minimum absolute atomic E-state index is 0.0139. The number of unbranched alkanes of at least 4 members (excludes halogenated alkanes) is 2. The van der Waals surface area contributed by atoms with E-state index in [1.165, 1.54) is 38.5 Å². The Labute approximate surface area is 140 Å². The monoisotopic (exact) mass is 320 g/mol. The molecule has 0 saturated heterocycles. The molecule has 0 amide bonds. The topological polar surface area (TPSA) is 0 Å². The number of allylic oxidation sites excluding steroid dienone is 6. The van der Waals surface area contributed by atoms with Gasteiger partial charge < -0.3 is 0 Å². The Balaban J connectivity index is 3.23. The van der Waals surface area contributed by atoms with Crippen LogP contribution in [0.2, 0.25) is 0 Å². The van der Waals surface area contributed by atoms with Crippen LogP contribution in [0.5, 0.6) is 0 Å². The van der Waals surface area contributed by atoms with Crippen LogP contribution in [-0.4, -0.2) is 11.3 Å². The van der Waals surface area contributed by atoms with Crippen molar-refractivity contribution in [2.75, 3.05) is 0 Å². The molecule has 1 aliphatic carbocycles. The Hall–Kier alpha value is -0.350. The summed E-state index contributed by atoms with van der Waals surface area (Å²) in [5.41, 5.74) is 3.37. The molecule has 0 saturated carbocycles. The maximum atomic E-state index is 2.44. The van der Waals surface area contributed by atoms with Gasteiger partial charge in [-0.1, -0.05) is 92.2 Å². The molecule has 0 heterocycles. The van der Waals surface area contributed by atoms with Crippen molar-refractivity contribution < 1.29 is 0 Å². The van der Waals surface area contributed by atoms with Crippen molar-refractivity contribution in [1.82, 2.24) is 0 Å². The maximum Gasteiger partial charge on any atom is 0.0169 e. The van der Waals surface area contributed by atoms with E-state index in [1.54, 1.807) is 5.57 Å². The van der Waals surface area contributed by atoms with Gasteiger partial charge in [0.05, 0.1) is 0 Å². The molecule has 0 aromatic heterocycles. The van der Waals surface area contributed by atoms with Crippen LogP contribution in [0.15, 0.2) is 35.2 Å². The van der Waals surface area contributed by atoms with Crippen LogP contribution in [0.3, 0.4) is 0 Å². The first-order valence-electron chi connectivity index (χ1n) is 9.38. The largest absolute Gasteiger partial charge is 0.0745 e.